The maximum absolute atomic E-state index is 10.2. The Kier molecular flexibility index (Phi) is 4.72. The van der Waals surface area contributed by atoms with E-state index in [1.54, 1.807) is 18.2 Å². The zero-order chi connectivity index (χ0) is 12.0. The summed E-state index contributed by atoms with van der Waals surface area (Å²) in [4.78, 5) is 9.72. The molecule has 0 radical (unpaired) electrons. The molecule has 1 aromatic carbocycles. The van der Waals surface area contributed by atoms with Gasteiger partial charge in [-0.3, -0.25) is 10.1 Å². The highest BCUT2D eigenvalue weighted by atomic mass is 79.9. The Morgan fingerprint density at radius 2 is 2.31 bits per heavy atom. The van der Waals surface area contributed by atoms with E-state index in [-0.39, 0.29) is 0 Å². The zero-order valence-electron chi connectivity index (χ0n) is 8.43. The molecule has 0 heterocycles. The van der Waals surface area contributed by atoms with E-state index in [9.17, 15) is 10.1 Å². The van der Waals surface area contributed by atoms with Crippen LogP contribution in [0, 0.1) is 10.1 Å². The van der Waals surface area contributed by atoms with Gasteiger partial charge in [0.15, 0.2) is 0 Å². The molecule has 0 bridgehead atoms. The minimum absolute atomic E-state index is 0.362. The quantitative estimate of drug-likeness (QED) is 0.473. The molecule has 1 rings (SSSR count). The van der Waals surface area contributed by atoms with Crippen molar-refractivity contribution in [2.75, 3.05) is 6.61 Å². The first-order valence-electron chi connectivity index (χ1n) is 4.48. The van der Waals surface area contributed by atoms with Crippen LogP contribution in [0.5, 0.6) is 5.75 Å². The molecule has 0 saturated heterocycles. The van der Waals surface area contributed by atoms with Gasteiger partial charge in [-0.05, 0) is 18.2 Å². The van der Waals surface area contributed by atoms with E-state index in [2.05, 4.69) is 22.5 Å². The molecular weight excluding hydrogens is 274 g/mol. The molecule has 0 spiro atoms. The van der Waals surface area contributed by atoms with Crippen LogP contribution in [0.2, 0.25) is 0 Å². The molecule has 5 heteroatoms. The predicted octanol–water partition coefficient (Wildman–Crippen LogP) is 3.26. The maximum Gasteiger partial charge on any atom is 0.235 e. The Balaban J connectivity index is 2.97. The van der Waals surface area contributed by atoms with Crippen molar-refractivity contribution in [3.05, 3.63) is 57.2 Å². The Morgan fingerprint density at radius 1 is 1.56 bits per heavy atom. The van der Waals surface area contributed by atoms with Crippen LogP contribution in [0.15, 0.2) is 41.5 Å². The van der Waals surface area contributed by atoms with Gasteiger partial charge in [0.2, 0.25) is 6.20 Å². The summed E-state index contributed by atoms with van der Waals surface area (Å²) in [5, 5.41) is 10.2. The SMILES string of the molecule is C=CCOc1ccc(Br)cc1/C=C/[N+](=O)[O-]. The van der Waals surface area contributed by atoms with Gasteiger partial charge in [-0.15, -0.1) is 0 Å². The van der Waals surface area contributed by atoms with Gasteiger partial charge >= 0.3 is 0 Å². The molecule has 0 aliphatic rings. The van der Waals surface area contributed by atoms with Gasteiger partial charge in [0, 0.05) is 16.1 Å². The van der Waals surface area contributed by atoms with E-state index in [1.165, 1.54) is 6.08 Å². The van der Waals surface area contributed by atoms with Gasteiger partial charge < -0.3 is 4.74 Å². The molecule has 0 aromatic heterocycles. The molecule has 0 aliphatic heterocycles. The molecule has 0 amide bonds. The fourth-order valence-electron chi connectivity index (χ4n) is 1.07. The first-order chi connectivity index (χ1) is 7.63. The van der Waals surface area contributed by atoms with E-state index in [0.717, 1.165) is 10.7 Å². The van der Waals surface area contributed by atoms with Crippen LogP contribution in [-0.2, 0) is 0 Å². The molecule has 0 atom stereocenters. The van der Waals surface area contributed by atoms with E-state index in [0.29, 0.717) is 17.9 Å². The van der Waals surface area contributed by atoms with E-state index in [1.807, 2.05) is 6.07 Å². The van der Waals surface area contributed by atoms with Crippen LogP contribution in [0.4, 0.5) is 0 Å². The number of ether oxygens (including phenoxy) is 1. The van der Waals surface area contributed by atoms with Gasteiger partial charge in [-0.1, -0.05) is 28.6 Å². The molecule has 0 N–H and O–H groups in total. The molecule has 16 heavy (non-hydrogen) atoms. The van der Waals surface area contributed by atoms with Crippen molar-refractivity contribution in [3.63, 3.8) is 0 Å². The Morgan fingerprint density at radius 3 is 2.94 bits per heavy atom. The Labute approximate surface area is 102 Å². The summed E-state index contributed by atoms with van der Waals surface area (Å²) in [6.07, 6.45) is 3.88. The highest BCUT2D eigenvalue weighted by Gasteiger charge is 2.02. The third-order valence-corrected chi connectivity index (χ3v) is 2.20. The van der Waals surface area contributed by atoms with Crippen molar-refractivity contribution in [1.29, 1.82) is 0 Å². The van der Waals surface area contributed by atoms with Crippen molar-refractivity contribution in [2.45, 2.75) is 0 Å². The summed E-state index contributed by atoms with van der Waals surface area (Å²) in [5.74, 6) is 0.584. The third-order valence-electron chi connectivity index (χ3n) is 1.70. The van der Waals surface area contributed by atoms with E-state index < -0.39 is 4.92 Å². The maximum atomic E-state index is 10.2. The first kappa shape index (κ1) is 12.4. The minimum Gasteiger partial charge on any atom is -0.489 e. The predicted molar refractivity (Wildman–Crippen MR) is 65.9 cm³/mol. The molecule has 84 valence electrons. The molecule has 0 unspecified atom stereocenters. The average Bonchev–Trinajstić information content (AvgIpc) is 2.25. The second-order valence-corrected chi connectivity index (χ2v) is 3.80. The summed E-state index contributed by atoms with van der Waals surface area (Å²) in [6.45, 7) is 3.90. The van der Waals surface area contributed by atoms with Crippen LogP contribution < -0.4 is 4.74 Å². The molecule has 1 aromatic rings. The average molecular weight is 284 g/mol. The fraction of sp³-hybridized carbons (Fsp3) is 0.0909. The molecular formula is C11H10BrNO3. The topological polar surface area (TPSA) is 52.4 Å². The van der Waals surface area contributed by atoms with Gasteiger partial charge in [-0.2, -0.15) is 0 Å². The number of rotatable bonds is 5. The van der Waals surface area contributed by atoms with Crippen LogP contribution in [0.1, 0.15) is 5.56 Å². The lowest BCUT2D eigenvalue weighted by Crippen LogP contribution is -1.95. The molecule has 0 aliphatic carbocycles. The fourth-order valence-corrected chi connectivity index (χ4v) is 1.45. The first-order valence-corrected chi connectivity index (χ1v) is 5.27. The highest BCUT2D eigenvalue weighted by Crippen LogP contribution is 2.24. The van der Waals surface area contributed by atoms with Crippen LogP contribution >= 0.6 is 15.9 Å². The summed E-state index contributed by atoms with van der Waals surface area (Å²) < 4.78 is 6.20. The monoisotopic (exact) mass is 283 g/mol. The van der Waals surface area contributed by atoms with Crippen LogP contribution in [0.3, 0.4) is 0 Å². The van der Waals surface area contributed by atoms with Crippen molar-refractivity contribution in [3.8, 4) is 5.75 Å². The van der Waals surface area contributed by atoms with Gasteiger partial charge in [0.1, 0.15) is 12.4 Å². The number of benzene rings is 1. The summed E-state index contributed by atoms with van der Waals surface area (Å²) in [7, 11) is 0. The standard InChI is InChI=1S/C11H10BrNO3/c1-2-7-16-11-4-3-10(12)8-9(11)5-6-13(14)15/h2-6,8H,1,7H2/b6-5+. The summed E-state index contributed by atoms with van der Waals surface area (Å²) in [5.41, 5.74) is 0.646. The van der Waals surface area contributed by atoms with Crippen molar-refractivity contribution >= 4 is 22.0 Å². The van der Waals surface area contributed by atoms with Gasteiger partial charge in [0.25, 0.3) is 0 Å². The lowest BCUT2D eigenvalue weighted by atomic mass is 10.2. The largest absolute Gasteiger partial charge is 0.489 e. The second kappa shape index (κ2) is 6.07. The summed E-state index contributed by atoms with van der Waals surface area (Å²) in [6, 6.07) is 5.30. The Hall–Kier alpha value is -1.62. The van der Waals surface area contributed by atoms with Gasteiger partial charge in [0.05, 0.1) is 4.92 Å². The number of hydrogen-bond donors (Lipinski definition) is 0. The lowest BCUT2D eigenvalue weighted by molar-refractivity contribution is -0.400. The highest BCUT2D eigenvalue weighted by molar-refractivity contribution is 9.10. The van der Waals surface area contributed by atoms with Crippen molar-refractivity contribution in [2.24, 2.45) is 0 Å². The third kappa shape index (κ3) is 3.86. The zero-order valence-corrected chi connectivity index (χ0v) is 10.0. The number of halogens is 1. The van der Waals surface area contributed by atoms with Gasteiger partial charge in [-0.25, -0.2) is 0 Å². The number of hydrogen-bond acceptors (Lipinski definition) is 3. The smallest absolute Gasteiger partial charge is 0.235 e. The summed E-state index contributed by atoms with van der Waals surface area (Å²) >= 11 is 3.29. The van der Waals surface area contributed by atoms with Crippen LogP contribution in [-0.4, -0.2) is 11.5 Å². The van der Waals surface area contributed by atoms with Crippen molar-refractivity contribution in [1.82, 2.24) is 0 Å². The van der Waals surface area contributed by atoms with E-state index in [4.69, 9.17) is 4.74 Å². The molecule has 0 fully saturated rings. The van der Waals surface area contributed by atoms with Crippen LogP contribution in [0.25, 0.3) is 6.08 Å². The molecule has 4 nitrogen and oxygen atoms in total. The second-order valence-electron chi connectivity index (χ2n) is 2.88. The van der Waals surface area contributed by atoms with Crippen molar-refractivity contribution < 1.29 is 9.66 Å². The number of nitro groups is 1. The Bertz CT molecular complexity index is 429. The van der Waals surface area contributed by atoms with E-state index >= 15 is 0 Å². The number of nitrogens with zero attached hydrogens (tertiary/aromatic N) is 1. The molecule has 0 saturated carbocycles. The normalized spacial score (nSPS) is 10.3. The lowest BCUT2D eigenvalue weighted by Gasteiger charge is -2.06. The minimum atomic E-state index is -0.516.